The van der Waals surface area contributed by atoms with E-state index < -0.39 is 5.97 Å². The molecule has 7 heteroatoms. The van der Waals surface area contributed by atoms with E-state index in [2.05, 4.69) is 10.3 Å². The number of aromatic nitrogens is 3. The highest BCUT2D eigenvalue weighted by atomic mass is 35.5. The smallest absolute Gasteiger partial charge is 0.360 e. The number of hydrogen-bond donors (Lipinski definition) is 0. The second-order valence-corrected chi connectivity index (χ2v) is 4.80. The Balaban J connectivity index is 2.31. The third-order valence-corrected chi connectivity index (χ3v) is 3.20. The van der Waals surface area contributed by atoms with E-state index in [1.807, 2.05) is 6.92 Å². The minimum atomic E-state index is -0.472. The Morgan fingerprint density at radius 1 is 1.43 bits per heavy atom. The van der Waals surface area contributed by atoms with Crippen molar-refractivity contribution in [3.8, 4) is 11.4 Å². The van der Waals surface area contributed by atoms with E-state index in [9.17, 15) is 4.79 Å². The molecule has 6 nitrogen and oxygen atoms in total. The Morgan fingerprint density at radius 2 is 2.19 bits per heavy atom. The zero-order valence-electron chi connectivity index (χ0n) is 12.1. The molecule has 1 heterocycles. The summed E-state index contributed by atoms with van der Waals surface area (Å²) in [5.41, 5.74) is 1.49. The predicted molar refractivity (Wildman–Crippen MR) is 78.2 cm³/mol. The van der Waals surface area contributed by atoms with Crippen LogP contribution in [0.2, 0.25) is 5.02 Å². The molecule has 0 aliphatic carbocycles. The maximum absolute atomic E-state index is 11.9. The van der Waals surface area contributed by atoms with Gasteiger partial charge in [-0.25, -0.2) is 9.48 Å². The third-order valence-electron chi connectivity index (χ3n) is 2.91. The molecule has 0 saturated heterocycles. The van der Waals surface area contributed by atoms with Crippen LogP contribution in [-0.4, -0.2) is 34.7 Å². The van der Waals surface area contributed by atoms with Crippen molar-refractivity contribution >= 4 is 17.6 Å². The SMILES string of the molecule is CCCOC(=O)c1nnn(-c2ccc(OC)c(Cl)c2)c1C. The molecule has 0 amide bonds. The Kier molecular flexibility index (Phi) is 4.80. The number of rotatable bonds is 5. The van der Waals surface area contributed by atoms with Crippen molar-refractivity contribution < 1.29 is 14.3 Å². The highest BCUT2D eigenvalue weighted by molar-refractivity contribution is 6.32. The number of ether oxygens (including phenoxy) is 2. The van der Waals surface area contributed by atoms with Crippen LogP contribution < -0.4 is 4.74 Å². The first-order chi connectivity index (χ1) is 10.1. The summed E-state index contributed by atoms with van der Waals surface area (Å²) in [6.07, 6.45) is 0.757. The molecule has 2 aromatic rings. The average molecular weight is 310 g/mol. The summed E-state index contributed by atoms with van der Waals surface area (Å²) in [6.45, 7) is 4.04. The summed E-state index contributed by atoms with van der Waals surface area (Å²) in [5, 5.41) is 8.32. The molecule has 1 aromatic heterocycles. The van der Waals surface area contributed by atoms with E-state index in [1.165, 1.54) is 4.68 Å². The van der Waals surface area contributed by atoms with Gasteiger partial charge in [0.05, 0.1) is 30.1 Å². The summed E-state index contributed by atoms with van der Waals surface area (Å²) >= 11 is 6.09. The molecule has 0 N–H and O–H groups in total. The summed E-state index contributed by atoms with van der Waals surface area (Å²) in [5.74, 6) is 0.0981. The highest BCUT2D eigenvalue weighted by Crippen LogP contribution is 2.27. The van der Waals surface area contributed by atoms with E-state index in [-0.39, 0.29) is 5.69 Å². The van der Waals surface area contributed by atoms with Crippen molar-refractivity contribution in [3.05, 3.63) is 34.6 Å². The summed E-state index contributed by atoms with van der Waals surface area (Å²) in [4.78, 5) is 11.9. The first kappa shape index (κ1) is 15.3. The minimum absolute atomic E-state index is 0.204. The standard InChI is InChI=1S/C14H16ClN3O3/c1-4-7-21-14(19)13-9(2)18(17-16-13)10-5-6-12(20-3)11(15)8-10/h5-6,8H,4,7H2,1-3H3. The van der Waals surface area contributed by atoms with Gasteiger partial charge in [-0.1, -0.05) is 23.7 Å². The molecule has 0 aliphatic heterocycles. The maximum Gasteiger partial charge on any atom is 0.360 e. The average Bonchev–Trinajstić information content (AvgIpc) is 2.86. The minimum Gasteiger partial charge on any atom is -0.495 e. The second-order valence-electron chi connectivity index (χ2n) is 4.39. The Hall–Kier alpha value is -2.08. The first-order valence-electron chi connectivity index (χ1n) is 6.51. The number of esters is 1. The molecule has 0 spiro atoms. The predicted octanol–water partition coefficient (Wildman–Crippen LogP) is 2.80. The zero-order valence-corrected chi connectivity index (χ0v) is 12.8. The van der Waals surface area contributed by atoms with E-state index in [4.69, 9.17) is 21.1 Å². The Morgan fingerprint density at radius 3 is 2.81 bits per heavy atom. The number of methoxy groups -OCH3 is 1. The van der Waals surface area contributed by atoms with Gasteiger partial charge in [0.15, 0.2) is 5.69 Å². The monoisotopic (exact) mass is 309 g/mol. The molecule has 112 valence electrons. The summed E-state index contributed by atoms with van der Waals surface area (Å²) in [7, 11) is 1.55. The van der Waals surface area contributed by atoms with Gasteiger partial charge in [-0.05, 0) is 31.5 Å². The van der Waals surface area contributed by atoms with Gasteiger partial charge in [0, 0.05) is 0 Å². The molecular formula is C14H16ClN3O3. The maximum atomic E-state index is 11.9. The number of carbonyl (C=O) groups is 1. The van der Waals surface area contributed by atoms with E-state index in [1.54, 1.807) is 32.2 Å². The molecule has 0 bridgehead atoms. The third kappa shape index (κ3) is 3.16. The number of carbonyl (C=O) groups excluding carboxylic acids is 1. The molecule has 0 unspecified atom stereocenters. The van der Waals surface area contributed by atoms with E-state index in [0.29, 0.717) is 28.8 Å². The van der Waals surface area contributed by atoms with Crippen LogP contribution in [-0.2, 0) is 4.74 Å². The van der Waals surface area contributed by atoms with Gasteiger partial charge in [-0.2, -0.15) is 0 Å². The largest absolute Gasteiger partial charge is 0.495 e. The first-order valence-corrected chi connectivity index (χ1v) is 6.89. The van der Waals surface area contributed by atoms with Gasteiger partial charge in [-0.3, -0.25) is 0 Å². The molecule has 1 aromatic carbocycles. The Bertz CT molecular complexity index is 655. The van der Waals surface area contributed by atoms with Crippen LogP contribution in [0.25, 0.3) is 5.69 Å². The van der Waals surface area contributed by atoms with E-state index in [0.717, 1.165) is 6.42 Å². The Labute approximate surface area is 127 Å². The summed E-state index contributed by atoms with van der Waals surface area (Å²) in [6, 6.07) is 5.21. The van der Waals surface area contributed by atoms with Crippen LogP contribution in [0, 0.1) is 6.92 Å². The van der Waals surface area contributed by atoms with Crippen LogP contribution in [0.3, 0.4) is 0 Å². The van der Waals surface area contributed by atoms with Gasteiger partial charge < -0.3 is 9.47 Å². The molecule has 0 saturated carbocycles. The molecular weight excluding hydrogens is 294 g/mol. The van der Waals surface area contributed by atoms with Gasteiger partial charge in [-0.15, -0.1) is 5.10 Å². The molecule has 21 heavy (non-hydrogen) atoms. The summed E-state index contributed by atoms with van der Waals surface area (Å²) < 4.78 is 11.7. The van der Waals surface area contributed by atoms with Gasteiger partial charge in [0.1, 0.15) is 5.75 Å². The van der Waals surface area contributed by atoms with Crippen LogP contribution in [0.1, 0.15) is 29.5 Å². The highest BCUT2D eigenvalue weighted by Gasteiger charge is 2.18. The topological polar surface area (TPSA) is 66.2 Å². The quantitative estimate of drug-likeness (QED) is 0.795. The molecule has 0 atom stereocenters. The van der Waals surface area contributed by atoms with Gasteiger partial charge in [0.25, 0.3) is 0 Å². The zero-order chi connectivity index (χ0) is 15.4. The van der Waals surface area contributed by atoms with Gasteiger partial charge in [0.2, 0.25) is 0 Å². The molecule has 0 aliphatic rings. The normalized spacial score (nSPS) is 10.5. The van der Waals surface area contributed by atoms with Crippen LogP contribution in [0.4, 0.5) is 0 Å². The number of halogens is 1. The molecule has 0 radical (unpaired) electrons. The van der Waals surface area contributed by atoms with Crippen LogP contribution >= 0.6 is 11.6 Å². The fourth-order valence-corrected chi connectivity index (χ4v) is 2.07. The number of hydrogen-bond acceptors (Lipinski definition) is 5. The lowest BCUT2D eigenvalue weighted by molar-refractivity contribution is 0.0497. The van der Waals surface area contributed by atoms with Crippen molar-refractivity contribution in [2.75, 3.05) is 13.7 Å². The fraction of sp³-hybridized carbons (Fsp3) is 0.357. The molecule has 0 fully saturated rings. The van der Waals surface area contributed by atoms with Crippen LogP contribution in [0.5, 0.6) is 5.75 Å². The van der Waals surface area contributed by atoms with Crippen molar-refractivity contribution in [2.24, 2.45) is 0 Å². The second kappa shape index (κ2) is 6.58. The fourth-order valence-electron chi connectivity index (χ4n) is 1.81. The van der Waals surface area contributed by atoms with Crippen molar-refractivity contribution in [1.29, 1.82) is 0 Å². The van der Waals surface area contributed by atoms with Gasteiger partial charge >= 0.3 is 5.97 Å². The number of benzene rings is 1. The lowest BCUT2D eigenvalue weighted by atomic mass is 10.2. The van der Waals surface area contributed by atoms with Crippen molar-refractivity contribution in [3.63, 3.8) is 0 Å². The van der Waals surface area contributed by atoms with Crippen molar-refractivity contribution in [2.45, 2.75) is 20.3 Å². The van der Waals surface area contributed by atoms with E-state index >= 15 is 0 Å². The lowest BCUT2D eigenvalue weighted by Gasteiger charge is -2.07. The number of nitrogens with zero attached hydrogens (tertiary/aromatic N) is 3. The van der Waals surface area contributed by atoms with Crippen molar-refractivity contribution in [1.82, 2.24) is 15.0 Å². The lowest BCUT2D eigenvalue weighted by Crippen LogP contribution is -2.08. The van der Waals surface area contributed by atoms with Crippen LogP contribution in [0.15, 0.2) is 18.2 Å². The molecule has 2 rings (SSSR count).